The summed E-state index contributed by atoms with van der Waals surface area (Å²) in [7, 11) is 6.04. The van der Waals surface area contributed by atoms with Gasteiger partial charge in [-0.15, -0.1) is 0 Å². The maximum atomic E-state index is 5.40. The Labute approximate surface area is 91.2 Å². The van der Waals surface area contributed by atoms with Gasteiger partial charge in [-0.1, -0.05) is 18.2 Å². The average Bonchev–Trinajstić information content (AvgIpc) is 2.59. The number of likely N-dealkylation sites (N-methyl/N-ethyl adjacent to an activating group) is 2. The van der Waals surface area contributed by atoms with E-state index in [1.807, 2.05) is 12.1 Å². The molecule has 0 aliphatic carbocycles. The fourth-order valence-electron chi connectivity index (χ4n) is 2.25. The monoisotopic (exact) mass is 206 g/mol. The Kier molecular flexibility index (Phi) is 2.93. The van der Waals surface area contributed by atoms with E-state index in [0.717, 1.165) is 18.8 Å². The highest BCUT2D eigenvalue weighted by atomic mass is 16.5. The second kappa shape index (κ2) is 4.21. The number of nitrogens with zero attached hydrogens (tertiary/aromatic N) is 2. The fraction of sp³-hybridized carbons (Fsp3) is 0.500. The highest BCUT2D eigenvalue weighted by molar-refractivity contribution is 5.36. The van der Waals surface area contributed by atoms with Crippen LogP contribution in [0.4, 0.5) is 0 Å². The minimum atomic E-state index is 0.348. The highest BCUT2D eigenvalue weighted by Gasteiger charge is 2.29. The lowest BCUT2D eigenvalue weighted by Gasteiger charge is -2.26. The smallest absolute Gasteiger partial charge is 0.124 e. The van der Waals surface area contributed by atoms with Gasteiger partial charge >= 0.3 is 0 Å². The maximum Gasteiger partial charge on any atom is 0.124 e. The average molecular weight is 206 g/mol. The summed E-state index contributed by atoms with van der Waals surface area (Å²) in [6.45, 7) is 2.22. The topological polar surface area (TPSA) is 15.7 Å². The van der Waals surface area contributed by atoms with E-state index in [9.17, 15) is 0 Å². The van der Waals surface area contributed by atoms with E-state index >= 15 is 0 Å². The first-order valence-corrected chi connectivity index (χ1v) is 5.27. The van der Waals surface area contributed by atoms with Gasteiger partial charge in [-0.05, 0) is 20.2 Å². The van der Waals surface area contributed by atoms with Gasteiger partial charge in [0.1, 0.15) is 5.75 Å². The second-order valence-corrected chi connectivity index (χ2v) is 4.08. The van der Waals surface area contributed by atoms with Crippen molar-refractivity contribution in [1.82, 2.24) is 9.80 Å². The zero-order valence-electron chi connectivity index (χ0n) is 9.60. The Balaban J connectivity index is 2.35. The Morgan fingerprint density at radius 3 is 2.33 bits per heavy atom. The van der Waals surface area contributed by atoms with Gasteiger partial charge in [0.05, 0.1) is 13.3 Å². The standard InChI is InChI=1S/C12H18N2O/c1-13-8-9-14(2)12(13)10-6-4-5-7-11(10)15-3/h4-7,12H,8-9H2,1-3H3. The second-order valence-electron chi connectivity index (χ2n) is 4.08. The summed E-state index contributed by atoms with van der Waals surface area (Å²) in [5.41, 5.74) is 1.25. The third kappa shape index (κ3) is 1.85. The third-order valence-electron chi connectivity index (χ3n) is 3.06. The molecule has 1 saturated heterocycles. The molecule has 15 heavy (non-hydrogen) atoms. The Morgan fingerprint density at radius 1 is 1.13 bits per heavy atom. The van der Waals surface area contributed by atoms with Crippen LogP contribution in [0.15, 0.2) is 24.3 Å². The Bertz CT molecular complexity index is 330. The van der Waals surface area contributed by atoms with Gasteiger partial charge in [-0.3, -0.25) is 9.80 Å². The van der Waals surface area contributed by atoms with Crippen LogP contribution in [0, 0.1) is 0 Å². The Hall–Kier alpha value is -1.06. The molecular formula is C12H18N2O. The molecule has 1 aliphatic rings. The van der Waals surface area contributed by atoms with Crippen molar-refractivity contribution in [2.45, 2.75) is 6.17 Å². The number of hydrogen-bond donors (Lipinski definition) is 0. The van der Waals surface area contributed by atoms with Gasteiger partial charge in [0, 0.05) is 18.7 Å². The van der Waals surface area contributed by atoms with Crippen molar-refractivity contribution in [3.05, 3.63) is 29.8 Å². The lowest BCUT2D eigenvalue weighted by Crippen LogP contribution is -2.26. The molecule has 0 bridgehead atoms. The number of benzene rings is 1. The van der Waals surface area contributed by atoms with Gasteiger partial charge in [0.2, 0.25) is 0 Å². The van der Waals surface area contributed by atoms with E-state index in [4.69, 9.17) is 4.74 Å². The summed E-state index contributed by atoms with van der Waals surface area (Å²) in [5, 5.41) is 0. The molecule has 1 aromatic rings. The molecule has 1 heterocycles. The number of methoxy groups -OCH3 is 1. The van der Waals surface area contributed by atoms with Gasteiger partial charge in [-0.25, -0.2) is 0 Å². The molecule has 0 N–H and O–H groups in total. The van der Waals surface area contributed by atoms with Crippen LogP contribution >= 0.6 is 0 Å². The van der Waals surface area contributed by atoms with Crippen molar-refractivity contribution in [1.29, 1.82) is 0 Å². The first-order chi connectivity index (χ1) is 7.24. The van der Waals surface area contributed by atoms with Gasteiger partial charge in [-0.2, -0.15) is 0 Å². The van der Waals surface area contributed by atoms with Crippen LogP contribution in [0.3, 0.4) is 0 Å². The molecule has 0 amide bonds. The van der Waals surface area contributed by atoms with Crippen LogP contribution in [0.5, 0.6) is 5.75 Å². The SMILES string of the molecule is COc1ccccc1C1N(C)CCN1C. The van der Waals surface area contributed by atoms with Crippen LogP contribution in [0.1, 0.15) is 11.7 Å². The van der Waals surface area contributed by atoms with E-state index in [1.165, 1.54) is 5.56 Å². The van der Waals surface area contributed by atoms with Crippen molar-refractivity contribution < 1.29 is 4.74 Å². The molecule has 0 saturated carbocycles. The number of para-hydroxylation sites is 1. The van der Waals surface area contributed by atoms with Crippen LogP contribution in [-0.2, 0) is 0 Å². The summed E-state index contributed by atoms with van der Waals surface area (Å²) in [6.07, 6.45) is 0.348. The molecule has 0 spiro atoms. The first kappa shape index (κ1) is 10.5. The Morgan fingerprint density at radius 2 is 1.73 bits per heavy atom. The minimum Gasteiger partial charge on any atom is -0.496 e. The summed E-state index contributed by atoms with van der Waals surface area (Å²) < 4.78 is 5.40. The lowest BCUT2D eigenvalue weighted by molar-refractivity contribution is 0.185. The molecule has 1 fully saturated rings. The highest BCUT2D eigenvalue weighted by Crippen LogP contribution is 2.32. The third-order valence-corrected chi connectivity index (χ3v) is 3.06. The number of ether oxygens (including phenoxy) is 1. The van der Waals surface area contributed by atoms with Crippen molar-refractivity contribution in [2.75, 3.05) is 34.3 Å². The van der Waals surface area contributed by atoms with E-state index in [1.54, 1.807) is 7.11 Å². The van der Waals surface area contributed by atoms with Gasteiger partial charge < -0.3 is 4.74 Å². The molecule has 1 aromatic carbocycles. The molecule has 3 nitrogen and oxygen atoms in total. The van der Waals surface area contributed by atoms with E-state index in [-0.39, 0.29) is 0 Å². The summed E-state index contributed by atoms with van der Waals surface area (Å²) in [4.78, 5) is 4.69. The summed E-state index contributed by atoms with van der Waals surface area (Å²) >= 11 is 0. The van der Waals surface area contributed by atoms with Crippen LogP contribution < -0.4 is 4.74 Å². The molecule has 0 aromatic heterocycles. The van der Waals surface area contributed by atoms with Crippen LogP contribution in [0.2, 0.25) is 0 Å². The van der Waals surface area contributed by atoms with E-state index < -0.39 is 0 Å². The lowest BCUT2D eigenvalue weighted by atomic mass is 10.1. The number of hydrogen-bond acceptors (Lipinski definition) is 3. The summed E-state index contributed by atoms with van der Waals surface area (Å²) in [6, 6.07) is 8.24. The van der Waals surface area contributed by atoms with E-state index in [2.05, 4.69) is 36.0 Å². The predicted molar refractivity (Wildman–Crippen MR) is 61.0 cm³/mol. The zero-order valence-corrected chi connectivity index (χ0v) is 9.60. The quantitative estimate of drug-likeness (QED) is 0.730. The minimum absolute atomic E-state index is 0.348. The molecule has 82 valence electrons. The van der Waals surface area contributed by atoms with Gasteiger partial charge in [0.15, 0.2) is 0 Å². The molecule has 2 rings (SSSR count). The van der Waals surface area contributed by atoms with Gasteiger partial charge in [0.25, 0.3) is 0 Å². The van der Waals surface area contributed by atoms with Crippen molar-refractivity contribution >= 4 is 0 Å². The number of rotatable bonds is 2. The molecule has 0 radical (unpaired) electrons. The maximum absolute atomic E-state index is 5.40. The van der Waals surface area contributed by atoms with Crippen molar-refractivity contribution in [3.8, 4) is 5.75 Å². The largest absolute Gasteiger partial charge is 0.496 e. The van der Waals surface area contributed by atoms with Crippen LogP contribution in [0.25, 0.3) is 0 Å². The first-order valence-electron chi connectivity index (χ1n) is 5.27. The molecule has 0 atom stereocenters. The van der Waals surface area contributed by atoms with Crippen LogP contribution in [-0.4, -0.2) is 44.1 Å². The molecule has 1 aliphatic heterocycles. The van der Waals surface area contributed by atoms with E-state index in [0.29, 0.717) is 6.17 Å². The predicted octanol–water partition coefficient (Wildman–Crippen LogP) is 1.57. The molecule has 3 heteroatoms. The van der Waals surface area contributed by atoms with Crippen molar-refractivity contribution in [2.24, 2.45) is 0 Å². The normalized spacial score (nSPS) is 19.7. The molecular weight excluding hydrogens is 188 g/mol. The fourth-order valence-corrected chi connectivity index (χ4v) is 2.25. The van der Waals surface area contributed by atoms with Crippen molar-refractivity contribution in [3.63, 3.8) is 0 Å². The zero-order chi connectivity index (χ0) is 10.8. The summed E-state index contributed by atoms with van der Waals surface area (Å²) in [5.74, 6) is 0.975. The molecule has 0 unspecified atom stereocenters.